The average Bonchev–Trinajstić information content (AvgIpc) is 3.45. The third-order valence-electron chi connectivity index (χ3n) is 12.2. The van der Waals surface area contributed by atoms with Crippen molar-refractivity contribution in [3.8, 4) is 44.5 Å². The minimum Gasteiger partial charge on any atom is -0.0757 e. The Bertz CT molecular complexity index is 3070. The average molecular weight is 675 g/mol. The summed E-state index contributed by atoms with van der Waals surface area (Å²) in [4.78, 5) is 0. The van der Waals surface area contributed by atoms with E-state index in [0.717, 1.165) is 12.8 Å². The van der Waals surface area contributed by atoms with E-state index in [9.17, 15) is 0 Å². The molecule has 0 atom stereocenters. The second-order valence-electron chi connectivity index (χ2n) is 15.4. The first-order valence-corrected chi connectivity index (χ1v) is 19.0. The van der Waals surface area contributed by atoms with Crippen molar-refractivity contribution in [1.29, 1.82) is 0 Å². The van der Waals surface area contributed by atoms with Crippen molar-refractivity contribution in [3.63, 3.8) is 0 Å². The number of benzene rings is 9. The minimum atomic E-state index is -0.102. The number of rotatable bonds is 3. The molecular weight excluding hydrogens is 637 g/mol. The fraction of sp³-hybridized carbons (Fsp3) is 0.0943. The first kappa shape index (κ1) is 30.4. The highest BCUT2D eigenvalue weighted by Gasteiger charge is 2.37. The van der Waals surface area contributed by atoms with Crippen molar-refractivity contribution in [3.05, 3.63) is 179 Å². The summed E-state index contributed by atoms with van der Waals surface area (Å²) in [5.41, 5.74) is 13.3. The van der Waals surface area contributed by atoms with Crippen LogP contribution in [-0.2, 0) is 5.41 Å². The largest absolute Gasteiger partial charge is 0.0757 e. The molecule has 0 radical (unpaired) electrons. The Balaban J connectivity index is 1.21. The van der Waals surface area contributed by atoms with E-state index >= 15 is 0 Å². The molecule has 2 aliphatic carbocycles. The van der Waals surface area contributed by atoms with Gasteiger partial charge >= 0.3 is 0 Å². The Labute approximate surface area is 310 Å². The lowest BCUT2D eigenvalue weighted by atomic mass is 9.79. The molecule has 2 aliphatic rings. The van der Waals surface area contributed by atoms with Crippen molar-refractivity contribution >= 4 is 55.2 Å². The van der Waals surface area contributed by atoms with Gasteiger partial charge in [-0.25, -0.2) is 0 Å². The zero-order chi connectivity index (χ0) is 35.3. The summed E-state index contributed by atoms with van der Waals surface area (Å²) in [6.45, 7) is 4.79. The Morgan fingerprint density at radius 1 is 0.358 bits per heavy atom. The lowest BCUT2D eigenvalue weighted by molar-refractivity contribution is 0.661. The molecular formula is C53H38. The maximum atomic E-state index is 2.53. The van der Waals surface area contributed by atoms with E-state index in [2.05, 4.69) is 184 Å². The molecule has 0 aliphatic heterocycles. The number of hydrogen-bond donors (Lipinski definition) is 0. The van der Waals surface area contributed by atoms with Crippen molar-refractivity contribution in [2.75, 3.05) is 0 Å². The van der Waals surface area contributed by atoms with Crippen LogP contribution in [0.2, 0.25) is 0 Å². The van der Waals surface area contributed by atoms with Gasteiger partial charge in [-0.1, -0.05) is 166 Å². The van der Waals surface area contributed by atoms with E-state index in [4.69, 9.17) is 0 Å². The maximum absolute atomic E-state index is 2.53. The highest BCUT2D eigenvalue weighted by atomic mass is 14.4. The number of fused-ring (bicyclic) bond motifs is 10. The predicted molar refractivity (Wildman–Crippen MR) is 228 cm³/mol. The van der Waals surface area contributed by atoms with Gasteiger partial charge in [0.25, 0.3) is 0 Å². The van der Waals surface area contributed by atoms with Crippen LogP contribution in [0, 0.1) is 0 Å². The van der Waals surface area contributed by atoms with E-state index in [1.54, 1.807) is 0 Å². The first-order chi connectivity index (χ1) is 26.1. The van der Waals surface area contributed by atoms with Crippen molar-refractivity contribution < 1.29 is 0 Å². The SMILES string of the molecule is CC1(C)c2ccccc2-c2c1cc(-c1c3ccccc3c(-c3ccc4cc(-c5ccccc5)c5c(c4c3)=CCCC=5)c3ccccc13)c1ccccc21. The molecule has 0 heterocycles. The minimum absolute atomic E-state index is 0.102. The molecule has 0 heteroatoms. The van der Waals surface area contributed by atoms with Crippen LogP contribution < -0.4 is 10.4 Å². The number of hydrogen-bond acceptors (Lipinski definition) is 0. The third-order valence-corrected chi connectivity index (χ3v) is 12.2. The first-order valence-electron chi connectivity index (χ1n) is 19.0. The fourth-order valence-corrected chi connectivity index (χ4v) is 9.83. The van der Waals surface area contributed by atoms with Crippen LogP contribution in [0.5, 0.6) is 0 Å². The second-order valence-corrected chi connectivity index (χ2v) is 15.4. The summed E-state index contributed by atoms with van der Waals surface area (Å²) < 4.78 is 0. The van der Waals surface area contributed by atoms with Gasteiger partial charge in [-0.15, -0.1) is 0 Å². The van der Waals surface area contributed by atoms with Crippen molar-refractivity contribution in [2.24, 2.45) is 0 Å². The van der Waals surface area contributed by atoms with Gasteiger partial charge < -0.3 is 0 Å². The standard InChI is InChI=1S/C53H38/c1-53(2)48-27-15-14-26-44(48)52-39-21-9-8-20-38(39)47(32-49(52)53)51-42-24-12-10-22-40(42)50(41-23-11-13-25-43(41)51)35-29-28-34-30-45(33-16-4-3-5-17-33)36-18-6-7-19-37(36)46(34)31-35/h3-5,8-32H,6-7H2,1-2H3. The highest BCUT2D eigenvalue weighted by Crippen LogP contribution is 2.54. The van der Waals surface area contributed by atoms with E-state index in [-0.39, 0.29) is 5.41 Å². The van der Waals surface area contributed by atoms with Gasteiger partial charge in [0.2, 0.25) is 0 Å². The molecule has 11 rings (SSSR count). The van der Waals surface area contributed by atoms with Gasteiger partial charge in [0.1, 0.15) is 0 Å². The van der Waals surface area contributed by atoms with Gasteiger partial charge in [0, 0.05) is 5.41 Å². The van der Waals surface area contributed by atoms with Crippen LogP contribution in [0.15, 0.2) is 158 Å². The van der Waals surface area contributed by atoms with Crippen LogP contribution in [0.25, 0.3) is 99.7 Å². The van der Waals surface area contributed by atoms with Gasteiger partial charge in [-0.05, 0) is 140 Å². The van der Waals surface area contributed by atoms with Crippen LogP contribution in [0.3, 0.4) is 0 Å². The van der Waals surface area contributed by atoms with Gasteiger partial charge in [-0.2, -0.15) is 0 Å². The van der Waals surface area contributed by atoms with Gasteiger partial charge in [0.15, 0.2) is 0 Å². The molecule has 250 valence electrons. The molecule has 53 heavy (non-hydrogen) atoms. The molecule has 0 amide bonds. The van der Waals surface area contributed by atoms with E-state index < -0.39 is 0 Å². The zero-order valence-corrected chi connectivity index (χ0v) is 30.1. The lowest BCUT2D eigenvalue weighted by Gasteiger charge is -2.24. The van der Waals surface area contributed by atoms with E-state index in [0.29, 0.717) is 0 Å². The molecule has 0 saturated heterocycles. The third kappa shape index (κ3) is 4.36. The summed E-state index contributed by atoms with van der Waals surface area (Å²) in [6.07, 6.45) is 7.06. The van der Waals surface area contributed by atoms with Crippen LogP contribution >= 0.6 is 0 Å². The summed E-state index contributed by atoms with van der Waals surface area (Å²) in [6, 6.07) is 59.3. The normalized spacial score (nSPS) is 14.2. The molecule has 0 N–H and O–H groups in total. The second kappa shape index (κ2) is 11.4. The molecule has 0 bridgehead atoms. The quantitative estimate of drug-likeness (QED) is 0.164. The van der Waals surface area contributed by atoms with Crippen LogP contribution in [0.1, 0.15) is 37.8 Å². The van der Waals surface area contributed by atoms with E-state index in [1.807, 2.05) is 0 Å². The smallest absolute Gasteiger partial charge is 0.0159 e. The molecule has 0 aromatic heterocycles. The van der Waals surface area contributed by atoms with Crippen LogP contribution in [0.4, 0.5) is 0 Å². The molecule has 0 saturated carbocycles. The Kier molecular flexibility index (Phi) is 6.53. The zero-order valence-electron chi connectivity index (χ0n) is 30.1. The molecule has 0 nitrogen and oxygen atoms in total. The highest BCUT2D eigenvalue weighted by molar-refractivity contribution is 6.25. The Hall–Kier alpha value is -6.24. The monoisotopic (exact) mass is 674 g/mol. The molecule has 9 aromatic rings. The Morgan fingerprint density at radius 2 is 0.925 bits per heavy atom. The van der Waals surface area contributed by atoms with Gasteiger partial charge in [0.05, 0.1) is 0 Å². The summed E-state index contributed by atoms with van der Waals surface area (Å²) >= 11 is 0. The molecule has 0 fully saturated rings. The Morgan fingerprint density at radius 3 is 1.62 bits per heavy atom. The summed E-state index contributed by atoms with van der Waals surface area (Å²) in [7, 11) is 0. The summed E-state index contributed by atoms with van der Waals surface area (Å²) in [5.74, 6) is 0. The topological polar surface area (TPSA) is 0 Å². The van der Waals surface area contributed by atoms with Crippen molar-refractivity contribution in [2.45, 2.75) is 32.1 Å². The molecule has 9 aromatic carbocycles. The molecule has 0 unspecified atom stereocenters. The summed E-state index contributed by atoms with van der Waals surface area (Å²) in [5, 5.41) is 13.2. The predicted octanol–water partition coefficient (Wildman–Crippen LogP) is 13.0. The molecule has 0 spiro atoms. The van der Waals surface area contributed by atoms with Crippen LogP contribution in [-0.4, -0.2) is 0 Å². The maximum Gasteiger partial charge on any atom is 0.0159 e. The van der Waals surface area contributed by atoms with E-state index in [1.165, 1.54) is 109 Å². The lowest BCUT2D eigenvalue weighted by Crippen LogP contribution is -2.29. The fourth-order valence-electron chi connectivity index (χ4n) is 9.83. The van der Waals surface area contributed by atoms with Crippen molar-refractivity contribution in [1.82, 2.24) is 0 Å². The van der Waals surface area contributed by atoms with Gasteiger partial charge in [-0.3, -0.25) is 0 Å².